The first-order chi connectivity index (χ1) is 9.75. The molecular weight excluding hydrogens is 264 g/mol. The minimum Gasteiger partial charge on any atom is -0.320 e. The average molecular weight is 286 g/mol. The summed E-state index contributed by atoms with van der Waals surface area (Å²) < 4.78 is 2.27. The van der Waals surface area contributed by atoms with Gasteiger partial charge >= 0.3 is 0 Å². The second-order valence-electron chi connectivity index (χ2n) is 5.64. The zero-order chi connectivity index (χ0) is 13.9. The SMILES string of the molecule is Cc1sc(=NC2CCCCC2)n(C)c1-c1ccccc1. The lowest BCUT2D eigenvalue weighted by molar-refractivity contribution is 0.435. The molecule has 1 aliphatic rings. The lowest BCUT2D eigenvalue weighted by Gasteiger charge is -2.16. The number of aromatic nitrogens is 1. The van der Waals surface area contributed by atoms with Crippen LogP contribution in [0.2, 0.25) is 0 Å². The van der Waals surface area contributed by atoms with E-state index < -0.39 is 0 Å². The molecule has 0 atom stereocenters. The van der Waals surface area contributed by atoms with Gasteiger partial charge in [-0.05, 0) is 25.3 Å². The third kappa shape index (κ3) is 2.73. The molecule has 0 bridgehead atoms. The van der Waals surface area contributed by atoms with Crippen molar-refractivity contribution in [1.82, 2.24) is 4.57 Å². The Hall–Kier alpha value is -1.35. The molecule has 0 radical (unpaired) electrons. The highest BCUT2D eigenvalue weighted by atomic mass is 32.1. The molecule has 2 aromatic rings. The zero-order valence-electron chi connectivity index (χ0n) is 12.3. The number of hydrogen-bond donors (Lipinski definition) is 0. The van der Waals surface area contributed by atoms with Crippen LogP contribution in [0.4, 0.5) is 0 Å². The van der Waals surface area contributed by atoms with Crippen molar-refractivity contribution in [2.45, 2.75) is 45.1 Å². The molecule has 0 saturated heterocycles. The highest BCUT2D eigenvalue weighted by molar-refractivity contribution is 7.09. The Kier molecular flexibility index (Phi) is 4.06. The van der Waals surface area contributed by atoms with Crippen LogP contribution < -0.4 is 4.80 Å². The molecule has 1 heterocycles. The maximum atomic E-state index is 5.01. The Bertz CT molecular complexity index is 631. The molecule has 1 aromatic carbocycles. The minimum atomic E-state index is 0.539. The third-order valence-corrected chi connectivity index (χ3v) is 5.18. The number of thiazole rings is 1. The second kappa shape index (κ2) is 5.96. The summed E-state index contributed by atoms with van der Waals surface area (Å²) in [5.74, 6) is 0. The van der Waals surface area contributed by atoms with Crippen molar-refractivity contribution in [2.75, 3.05) is 0 Å². The van der Waals surface area contributed by atoms with Gasteiger partial charge in [-0.2, -0.15) is 0 Å². The van der Waals surface area contributed by atoms with Crippen LogP contribution in [-0.2, 0) is 7.05 Å². The minimum absolute atomic E-state index is 0.539. The smallest absolute Gasteiger partial charge is 0.185 e. The summed E-state index contributed by atoms with van der Waals surface area (Å²) in [5, 5.41) is 0. The quantitative estimate of drug-likeness (QED) is 0.783. The van der Waals surface area contributed by atoms with E-state index in [0.29, 0.717) is 6.04 Å². The van der Waals surface area contributed by atoms with E-state index in [2.05, 4.69) is 48.9 Å². The van der Waals surface area contributed by atoms with Crippen LogP contribution in [0.5, 0.6) is 0 Å². The molecular formula is C17H22N2S. The predicted octanol–water partition coefficient (Wildman–Crippen LogP) is 4.30. The van der Waals surface area contributed by atoms with Gasteiger partial charge in [-0.1, -0.05) is 49.6 Å². The van der Waals surface area contributed by atoms with Crippen molar-refractivity contribution in [3.8, 4) is 11.3 Å². The van der Waals surface area contributed by atoms with Crippen molar-refractivity contribution >= 4 is 11.3 Å². The summed E-state index contributed by atoms with van der Waals surface area (Å²) in [4.78, 5) is 7.54. The molecule has 20 heavy (non-hydrogen) atoms. The lowest BCUT2D eigenvalue weighted by Crippen LogP contribution is -2.18. The van der Waals surface area contributed by atoms with Crippen LogP contribution in [0.3, 0.4) is 0 Å². The molecule has 0 unspecified atom stereocenters. The maximum Gasteiger partial charge on any atom is 0.185 e. The van der Waals surface area contributed by atoms with E-state index in [1.807, 2.05) is 11.3 Å². The largest absolute Gasteiger partial charge is 0.320 e. The summed E-state index contributed by atoms with van der Waals surface area (Å²) in [5.41, 5.74) is 2.60. The van der Waals surface area contributed by atoms with Crippen LogP contribution in [0, 0.1) is 6.92 Å². The number of rotatable bonds is 2. The predicted molar refractivity (Wildman–Crippen MR) is 85.9 cm³/mol. The van der Waals surface area contributed by atoms with E-state index in [1.54, 1.807) is 0 Å². The van der Waals surface area contributed by atoms with Gasteiger partial charge in [-0.3, -0.25) is 4.99 Å². The number of benzene rings is 1. The Morgan fingerprint density at radius 2 is 1.80 bits per heavy atom. The second-order valence-corrected chi connectivity index (χ2v) is 6.82. The van der Waals surface area contributed by atoms with Crippen molar-refractivity contribution < 1.29 is 0 Å². The fourth-order valence-electron chi connectivity index (χ4n) is 3.06. The van der Waals surface area contributed by atoms with E-state index in [0.717, 1.165) is 0 Å². The van der Waals surface area contributed by atoms with E-state index in [-0.39, 0.29) is 0 Å². The molecule has 3 heteroatoms. The summed E-state index contributed by atoms with van der Waals surface area (Å²) in [7, 11) is 2.15. The highest BCUT2D eigenvalue weighted by Gasteiger charge is 2.14. The van der Waals surface area contributed by atoms with Gasteiger partial charge < -0.3 is 4.57 Å². The van der Waals surface area contributed by atoms with Gasteiger partial charge in [0.15, 0.2) is 4.80 Å². The Balaban J connectivity index is 2.00. The molecule has 3 rings (SSSR count). The van der Waals surface area contributed by atoms with Gasteiger partial charge in [-0.15, -0.1) is 11.3 Å². The first-order valence-corrected chi connectivity index (χ1v) is 8.33. The van der Waals surface area contributed by atoms with Crippen molar-refractivity contribution in [3.63, 3.8) is 0 Å². The summed E-state index contributed by atoms with van der Waals surface area (Å²) in [6.45, 7) is 2.20. The van der Waals surface area contributed by atoms with E-state index in [9.17, 15) is 0 Å². The van der Waals surface area contributed by atoms with Crippen LogP contribution in [0.15, 0.2) is 35.3 Å². The number of hydrogen-bond acceptors (Lipinski definition) is 2. The molecule has 106 valence electrons. The summed E-state index contributed by atoms with van der Waals surface area (Å²) in [6.07, 6.45) is 6.59. The Morgan fingerprint density at radius 3 is 2.50 bits per heavy atom. The number of aryl methyl sites for hydroxylation is 1. The lowest BCUT2D eigenvalue weighted by atomic mass is 9.96. The van der Waals surface area contributed by atoms with Crippen LogP contribution >= 0.6 is 11.3 Å². The fraction of sp³-hybridized carbons (Fsp3) is 0.471. The maximum absolute atomic E-state index is 5.01. The van der Waals surface area contributed by atoms with Gasteiger partial charge in [0.25, 0.3) is 0 Å². The summed E-state index contributed by atoms with van der Waals surface area (Å²) in [6, 6.07) is 11.2. The van der Waals surface area contributed by atoms with Gasteiger partial charge in [0, 0.05) is 11.9 Å². The normalized spacial score (nSPS) is 17.6. The monoisotopic (exact) mass is 286 g/mol. The van der Waals surface area contributed by atoms with Gasteiger partial charge in [-0.25, -0.2) is 0 Å². The molecule has 1 aromatic heterocycles. The zero-order valence-corrected chi connectivity index (χ0v) is 13.1. The molecule has 2 nitrogen and oxygen atoms in total. The summed E-state index contributed by atoms with van der Waals surface area (Å²) >= 11 is 1.83. The molecule has 0 N–H and O–H groups in total. The van der Waals surface area contributed by atoms with E-state index in [4.69, 9.17) is 4.99 Å². The van der Waals surface area contributed by atoms with Gasteiger partial charge in [0.1, 0.15) is 0 Å². The molecule has 0 spiro atoms. The van der Waals surface area contributed by atoms with Crippen molar-refractivity contribution in [3.05, 3.63) is 40.0 Å². The molecule has 0 amide bonds. The standard InChI is InChI=1S/C17H22N2S/c1-13-16(14-9-5-3-6-10-14)19(2)17(20-13)18-15-11-7-4-8-12-15/h3,5-6,9-10,15H,4,7-8,11-12H2,1-2H3. The Morgan fingerprint density at radius 1 is 1.10 bits per heavy atom. The van der Waals surface area contributed by atoms with E-state index in [1.165, 1.54) is 53.0 Å². The molecule has 1 fully saturated rings. The van der Waals surface area contributed by atoms with Crippen LogP contribution in [0.1, 0.15) is 37.0 Å². The molecule has 1 aliphatic carbocycles. The third-order valence-electron chi connectivity index (χ3n) is 4.12. The van der Waals surface area contributed by atoms with E-state index >= 15 is 0 Å². The topological polar surface area (TPSA) is 17.3 Å². The first-order valence-electron chi connectivity index (χ1n) is 7.51. The highest BCUT2D eigenvalue weighted by Crippen LogP contribution is 2.25. The average Bonchev–Trinajstić information content (AvgIpc) is 2.75. The van der Waals surface area contributed by atoms with Crippen LogP contribution in [-0.4, -0.2) is 10.6 Å². The van der Waals surface area contributed by atoms with Gasteiger partial charge in [0.05, 0.1) is 11.7 Å². The Labute approximate surface area is 124 Å². The molecule has 0 aliphatic heterocycles. The van der Waals surface area contributed by atoms with Crippen molar-refractivity contribution in [2.24, 2.45) is 12.0 Å². The fourth-order valence-corrected chi connectivity index (χ4v) is 4.11. The molecule has 1 saturated carbocycles. The van der Waals surface area contributed by atoms with Gasteiger partial charge in [0.2, 0.25) is 0 Å². The van der Waals surface area contributed by atoms with Crippen LogP contribution in [0.25, 0.3) is 11.3 Å². The number of nitrogens with zero attached hydrogens (tertiary/aromatic N) is 2. The van der Waals surface area contributed by atoms with Crippen molar-refractivity contribution in [1.29, 1.82) is 0 Å². The first kappa shape index (κ1) is 13.6.